The molecule has 2 aliphatic rings. The summed E-state index contributed by atoms with van der Waals surface area (Å²) < 4.78 is 50.3. The van der Waals surface area contributed by atoms with Crippen LogP contribution in [0.5, 0.6) is 5.75 Å². The Kier molecular flexibility index (Phi) is 6.98. The average Bonchev–Trinajstić information content (AvgIpc) is 3.24. The van der Waals surface area contributed by atoms with Gasteiger partial charge in [-0.05, 0) is 29.8 Å². The van der Waals surface area contributed by atoms with E-state index in [1.807, 2.05) is 30.3 Å². The van der Waals surface area contributed by atoms with Gasteiger partial charge in [0, 0.05) is 6.42 Å². The van der Waals surface area contributed by atoms with Crippen molar-refractivity contribution < 1.29 is 37.4 Å². The molecule has 33 heavy (non-hydrogen) atoms. The highest BCUT2D eigenvalue weighted by atomic mass is 32.2. The van der Waals surface area contributed by atoms with Crippen LogP contribution in [-0.2, 0) is 35.6 Å². The number of hydrogen-bond acceptors (Lipinski definition) is 8. The first kappa shape index (κ1) is 23.6. The van der Waals surface area contributed by atoms with Crippen LogP contribution in [0.25, 0.3) is 0 Å². The second-order valence-electron chi connectivity index (χ2n) is 7.87. The summed E-state index contributed by atoms with van der Waals surface area (Å²) in [7, 11) is -2.61. The quantitative estimate of drug-likeness (QED) is 0.451. The molecule has 1 spiro atoms. The molecule has 0 aliphatic carbocycles. The Morgan fingerprint density at radius 1 is 1.15 bits per heavy atom. The Bertz CT molecular complexity index is 1050. The summed E-state index contributed by atoms with van der Waals surface area (Å²) in [6.45, 7) is 0.539. The molecule has 2 heterocycles. The van der Waals surface area contributed by atoms with E-state index in [0.29, 0.717) is 12.4 Å². The predicted molar refractivity (Wildman–Crippen MR) is 115 cm³/mol. The zero-order valence-corrected chi connectivity index (χ0v) is 18.9. The van der Waals surface area contributed by atoms with Gasteiger partial charge >= 0.3 is 0 Å². The number of hydrogen-bond donors (Lipinski definition) is 2. The highest BCUT2D eigenvalue weighted by Gasteiger charge is 2.55. The number of carbonyl (C=O) groups excluding carboxylic acids is 1. The molecule has 2 N–H and O–H groups in total. The summed E-state index contributed by atoms with van der Waals surface area (Å²) in [6.07, 6.45) is -0.409. The van der Waals surface area contributed by atoms with Gasteiger partial charge in [0.25, 0.3) is 5.91 Å². The fourth-order valence-electron chi connectivity index (χ4n) is 3.92. The second kappa shape index (κ2) is 9.75. The van der Waals surface area contributed by atoms with E-state index in [1.165, 1.54) is 31.4 Å². The first-order valence-electron chi connectivity index (χ1n) is 10.4. The van der Waals surface area contributed by atoms with Crippen LogP contribution < -0.4 is 10.2 Å². The Morgan fingerprint density at radius 2 is 1.82 bits per heavy atom. The average molecular weight is 479 g/mol. The fraction of sp³-hybridized carbons (Fsp3) is 0.409. The van der Waals surface area contributed by atoms with E-state index in [-0.39, 0.29) is 37.2 Å². The van der Waals surface area contributed by atoms with Crippen molar-refractivity contribution in [3.8, 4) is 5.75 Å². The maximum atomic E-state index is 13.3. The minimum Gasteiger partial charge on any atom is -0.497 e. The summed E-state index contributed by atoms with van der Waals surface area (Å²) >= 11 is 0. The molecule has 2 aromatic carbocycles. The standard InChI is InChI=1S/C22H26N2O8S/c1-29-17-7-9-19(10-8-17)33(27,28)24-15-22(11-20(24)21(25)23-26)31-13-18(14-32-22)30-12-16-5-3-2-4-6-16/h2-10,18,20,26H,11-15H2,1H3,(H,23,25)/t18?,20-,22?/m0/s1. The number of benzene rings is 2. The molecular formula is C22H26N2O8S. The topological polar surface area (TPSA) is 124 Å². The third-order valence-electron chi connectivity index (χ3n) is 5.72. The normalized spacial score (nSPS) is 25.8. The van der Waals surface area contributed by atoms with Crippen molar-refractivity contribution in [1.82, 2.24) is 9.79 Å². The highest BCUT2D eigenvalue weighted by molar-refractivity contribution is 7.89. The lowest BCUT2D eigenvalue weighted by molar-refractivity contribution is -0.290. The molecule has 178 valence electrons. The first-order valence-corrected chi connectivity index (χ1v) is 11.8. The molecule has 0 radical (unpaired) electrons. The largest absolute Gasteiger partial charge is 0.497 e. The van der Waals surface area contributed by atoms with Crippen molar-refractivity contribution in [3.05, 3.63) is 60.2 Å². The molecule has 0 bridgehead atoms. The lowest BCUT2D eigenvalue weighted by atomic mass is 10.1. The van der Waals surface area contributed by atoms with Crippen LogP contribution in [0.15, 0.2) is 59.5 Å². The van der Waals surface area contributed by atoms with Gasteiger partial charge in [0.15, 0.2) is 5.79 Å². The lowest BCUT2D eigenvalue weighted by Gasteiger charge is -2.37. The van der Waals surface area contributed by atoms with Crippen LogP contribution >= 0.6 is 0 Å². The van der Waals surface area contributed by atoms with Crippen LogP contribution in [0.4, 0.5) is 0 Å². The number of nitrogens with one attached hydrogen (secondary N) is 1. The molecule has 2 aromatic rings. The zero-order valence-electron chi connectivity index (χ0n) is 18.0. The van der Waals surface area contributed by atoms with Crippen LogP contribution in [0.3, 0.4) is 0 Å². The molecule has 1 amide bonds. The second-order valence-corrected chi connectivity index (χ2v) is 9.76. The zero-order chi connectivity index (χ0) is 23.5. The van der Waals surface area contributed by atoms with E-state index >= 15 is 0 Å². The lowest BCUT2D eigenvalue weighted by Crippen LogP contribution is -2.49. The van der Waals surface area contributed by atoms with E-state index in [1.54, 1.807) is 5.48 Å². The third kappa shape index (κ3) is 5.03. The number of amides is 1. The number of carbonyl (C=O) groups is 1. The Morgan fingerprint density at radius 3 is 2.42 bits per heavy atom. The maximum absolute atomic E-state index is 13.3. The van der Waals surface area contributed by atoms with Crippen molar-refractivity contribution in [2.45, 2.75) is 35.9 Å². The molecule has 1 atom stereocenters. The maximum Gasteiger partial charge on any atom is 0.261 e. The van der Waals surface area contributed by atoms with E-state index < -0.39 is 27.8 Å². The van der Waals surface area contributed by atoms with Gasteiger partial charge in [-0.1, -0.05) is 30.3 Å². The van der Waals surface area contributed by atoms with Crippen molar-refractivity contribution in [2.24, 2.45) is 0 Å². The Balaban J connectivity index is 1.46. The monoisotopic (exact) mass is 478 g/mol. The minimum absolute atomic E-state index is 0.0176. The summed E-state index contributed by atoms with van der Waals surface area (Å²) in [4.78, 5) is 12.3. The number of nitrogens with zero attached hydrogens (tertiary/aromatic N) is 1. The van der Waals surface area contributed by atoms with Crippen molar-refractivity contribution in [1.29, 1.82) is 0 Å². The number of ether oxygens (including phenoxy) is 4. The summed E-state index contributed by atoms with van der Waals surface area (Å²) in [6, 6.07) is 14.3. The molecule has 10 nitrogen and oxygen atoms in total. The molecule has 4 rings (SSSR count). The first-order chi connectivity index (χ1) is 15.9. The fourth-order valence-corrected chi connectivity index (χ4v) is 5.54. The van der Waals surface area contributed by atoms with E-state index in [4.69, 9.17) is 18.9 Å². The summed E-state index contributed by atoms with van der Waals surface area (Å²) in [5, 5.41) is 9.19. The summed E-state index contributed by atoms with van der Waals surface area (Å²) in [5.41, 5.74) is 2.56. The number of rotatable bonds is 7. The number of hydroxylamine groups is 1. The third-order valence-corrected chi connectivity index (χ3v) is 7.59. The molecular weight excluding hydrogens is 452 g/mol. The molecule has 2 saturated heterocycles. The minimum atomic E-state index is -4.09. The predicted octanol–water partition coefficient (Wildman–Crippen LogP) is 1.29. The molecule has 2 fully saturated rings. The molecule has 0 aromatic heterocycles. The van der Waals surface area contributed by atoms with Gasteiger partial charge in [-0.3, -0.25) is 10.0 Å². The molecule has 11 heteroatoms. The molecule has 2 aliphatic heterocycles. The van der Waals surface area contributed by atoms with E-state index in [9.17, 15) is 18.4 Å². The van der Waals surface area contributed by atoms with Gasteiger partial charge in [-0.2, -0.15) is 4.31 Å². The van der Waals surface area contributed by atoms with Gasteiger partial charge < -0.3 is 18.9 Å². The summed E-state index contributed by atoms with van der Waals surface area (Å²) in [5.74, 6) is -1.68. The van der Waals surface area contributed by atoms with Gasteiger partial charge in [0.05, 0.1) is 38.4 Å². The van der Waals surface area contributed by atoms with Gasteiger partial charge in [0.2, 0.25) is 10.0 Å². The van der Waals surface area contributed by atoms with Crippen molar-refractivity contribution in [2.75, 3.05) is 26.9 Å². The van der Waals surface area contributed by atoms with Gasteiger partial charge in [-0.15, -0.1) is 0 Å². The highest BCUT2D eigenvalue weighted by Crippen LogP contribution is 2.38. The Hall–Kier alpha value is -2.54. The number of methoxy groups -OCH3 is 1. The van der Waals surface area contributed by atoms with Crippen molar-refractivity contribution in [3.63, 3.8) is 0 Å². The number of sulfonamides is 1. The van der Waals surface area contributed by atoms with Crippen LogP contribution in [0.2, 0.25) is 0 Å². The van der Waals surface area contributed by atoms with Crippen molar-refractivity contribution >= 4 is 15.9 Å². The van der Waals surface area contributed by atoms with E-state index in [2.05, 4.69) is 0 Å². The van der Waals surface area contributed by atoms with Crippen LogP contribution in [0.1, 0.15) is 12.0 Å². The van der Waals surface area contributed by atoms with Crippen LogP contribution in [0, 0.1) is 0 Å². The Labute approximate surface area is 192 Å². The smallest absolute Gasteiger partial charge is 0.261 e. The van der Waals surface area contributed by atoms with E-state index in [0.717, 1.165) is 9.87 Å². The SMILES string of the molecule is COc1ccc(S(=O)(=O)N2CC3(C[C@H]2C(=O)NO)OCC(OCc2ccccc2)CO3)cc1. The molecule has 0 saturated carbocycles. The van der Waals surface area contributed by atoms with Gasteiger partial charge in [-0.25, -0.2) is 13.9 Å². The molecule has 0 unspecified atom stereocenters. The van der Waals surface area contributed by atoms with Crippen LogP contribution in [-0.4, -0.2) is 68.6 Å². The van der Waals surface area contributed by atoms with Gasteiger partial charge in [0.1, 0.15) is 17.9 Å².